The molecule has 1 aromatic carbocycles. The first-order valence-corrected chi connectivity index (χ1v) is 8.90. The molecule has 0 spiro atoms. The largest absolute Gasteiger partial charge is 0.493 e. The monoisotopic (exact) mass is 332 g/mol. The summed E-state index contributed by atoms with van der Waals surface area (Å²) in [5.74, 6) is 2.15. The van der Waals surface area contributed by atoms with Gasteiger partial charge < -0.3 is 20.1 Å². The lowest BCUT2D eigenvalue weighted by molar-refractivity contribution is -0.123. The third-order valence-corrected chi connectivity index (χ3v) is 5.45. The lowest BCUT2D eigenvalue weighted by Crippen LogP contribution is -2.43. The van der Waals surface area contributed by atoms with Gasteiger partial charge in [0.2, 0.25) is 5.91 Å². The maximum atomic E-state index is 12.6. The van der Waals surface area contributed by atoms with Crippen LogP contribution in [0.1, 0.15) is 50.6 Å². The van der Waals surface area contributed by atoms with Crippen LogP contribution in [-0.4, -0.2) is 32.2 Å². The molecule has 0 radical (unpaired) electrons. The Morgan fingerprint density at radius 3 is 2.67 bits per heavy atom. The molecule has 2 fully saturated rings. The molecule has 1 saturated heterocycles. The molecule has 1 aromatic rings. The fraction of sp³-hybridized carbons (Fsp3) is 0.632. The van der Waals surface area contributed by atoms with Crippen molar-refractivity contribution < 1.29 is 14.3 Å². The van der Waals surface area contributed by atoms with E-state index in [-0.39, 0.29) is 18.0 Å². The second-order valence-corrected chi connectivity index (χ2v) is 6.95. The van der Waals surface area contributed by atoms with Crippen LogP contribution in [0, 0.1) is 5.92 Å². The Labute approximate surface area is 144 Å². The molecular weight excluding hydrogens is 304 g/mol. The molecule has 1 aliphatic heterocycles. The van der Waals surface area contributed by atoms with E-state index in [1.54, 1.807) is 14.2 Å². The summed E-state index contributed by atoms with van der Waals surface area (Å²) < 4.78 is 10.6. The number of carbonyl (C=O) groups is 1. The molecule has 2 aliphatic rings. The van der Waals surface area contributed by atoms with E-state index in [0.29, 0.717) is 23.5 Å². The average Bonchev–Trinajstić information content (AvgIpc) is 3.05. The summed E-state index contributed by atoms with van der Waals surface area (Å²) in [4.78, 5) is 12.6. The summed E-state index contributed by atoms with van der Waals surface area (Å²) in [5, 5.41) is 6.67. The molecule has 1 heterocycles. The summed E-state index contributed by atoms with van der Waals surface area (Å²) in [6.45, 7) is 2.00. The quantitative estimate of drug-likeness (QED) is 0.870. The highest BCUT2D eigenvalue weighted by molar-refractivity contribution is 5.82. The van der Waals surface area contributed by atoms with E-state index in [1.165, 1.54) is 25.7 Å². The number of ether oxygens (including phenoxy) is 2. The molecule has 1 amide bonds. The van der Waals surface area contributed by atoms with Crippen molar-refractivity contribution in [3.05, 3.63) is 23.8 Å². The standard InChI is InChI=1S/C19H28N2O3/c1-12(13-8-9-17(23-2)18(11-13)24-3)20-19(22)16-10-14-6-4-5-7-15(14)21-16/h8-9,11-12,14-16,21H,4-7,10H2,1-3H3,(H,20,22). The van der Waals surface area contributed by atoms with E-state index < -0.39 is 0 Å². The van der Waals surface area contributed by atoms with Crippen LogP contribution in [0.2, 0.25) is 0 Å². The van der Waals surface area contributed by atoms with Gasteiger partial charge in [0, 0.05) is 6.04 Å². The fourth-order valence-corrected chi connectivity index (χ4v) is 4.04. The van der Waals surface area contributed by atoms with Gasteiger partial charge in [0.1, 0.15) is 0 Å². The zero-order valence-corrected chi connectivity index (χ0v) is 14.8. The Kier molecular flexibility index (Phi) is 5.29. The topological polar surface area (TPSA) is 59.6 Å². The Balaban J connectivity index is 1.62. The predicted octanol–water partition coefficient (Wildman–Crippen LogP) is 2.80. The van der Waals surface area contributed by atoms with Gasteiger partial charge in [-0.25, -0.2) is 0 Å². The van der Waals surface area contributed by atoms with Crippen LogP contribution in [0.4, 0.5) is 0 Å². The highest BCUT2D eigenvalue weighted by Gasteiger charge is 2.38. The average molecular weight is 332 g/mol. The first-order chi connectivity index (χ1) is 11.6. The molecule has 0 aromatic heterocycles. The highest BCUT2D eigenvalue weighted by atomic mass is 16.5. The SMILES string of the molecule is COc1ccc(C(C)NC(=O)C2CC3CCCCC3N2)cc1OC. The van der Waals surface area contributed by atoms with E-state index >= 15 is 0 Å². The number of benzene rings is 1. The number of methoxy groups -OCH3 is 2. The molecule has 0 bridgehead atoms. The molecule has 2 N–H and O–H groups in total. The second kappa shape index (κ2) is 7.43. The van der Waals surface area contributed by atoms with Crippen molar-refractivity contribution in [2.24, 2.45) is 5.92 Å². The normalized spacial score (nSPS) is 27.2. The van der Waals surface area contributed by atoms with Gasteiger partial charge in [-0.05, 0) is 49.8 Å². The van der Waals surface area contributed by atoms with E-state index in [2.05, 4.69) is 10.6 Å². The van der Waals surface area contributed by atoms with Crippen molar-refractivity contribution in [2.75, 3.05) is 14.2 Å². The summed E-state index contributed by atoms with van der Waals surface area (Å²) in [6, 6.07) is 6.17. The lowest BCUT2D eigenvalue weighted by Gasteiger charge is -2.24. The molecular formula is C19H28N2O3. The van der Waals surface area contributed by atoms with Crippen molar-refractivity contribution in [1.29, 1.82) is 0 Å². The Bertz CT molecular complexity index is 576. The van der Waals surface area contributed by atoms with Crippen LogP contribution in [0.25, 0.3) is 0 Å². The summed E-state index contributed by atoms with van der Waals surface area (Å²) in [7, 11) is 3.24. The predicted molar refractivity (Wildman–Crippen MR) is 93.4 cm³/mol. The highest BCUT2D eigenvalue weighted by Crippen LogP contribution is 2.34. The maximum absolute atomic E-state index is 12.6. The molecule has 1 aliphatic carbocycles. The molecule has 5 heteroatoms. The molecule has 1 saturated carbocycles. The van der Waals surface area contributed by atoms with Gasteiger partial charge in [0.15, 0.2) is 11.5 Å². The minimum Gasteiger partial charge on any atom is -0.493 e. The summed E-state index contributed by atoms with van der Waals surface area (Å²) in [6.07, 6.45) is 6.02. The summed E-state index contributed by atoms with van der Waals surface area (Å²) >= 11 is 0. The van der Waals surface area contributed by atoms with Crippen molar-refractivity contribution in [1.82, 2.24) is 10.6 Å². The summed E-state index contributed by atoms with van der Waals surface area (Å²) in [5.41, 5.74) is 1.01. The van der Waals surface area contributed by atoms with E-state index in [4.69, 9.17) is 9.47 Å². The lowest BCUT2D eigenvalue weighted by atomic mass is 9.85. The second-order valence-electron chi connectivity index (χ2n) is 6.95. The van der Waals surface area contributed by atoms with Gasteiger partial charge in [0.25, 0.3) is 0 Å². The molecule has 4 unspecified atom stereocenters. The number of amides is 1. The van der Waals surface area contributed by atoms with Crippen molar-refractivity contribution >= 4 is 5.91 Å². The van der Waals surface area contributed by atoms with E-state index in [1.807, 2.05) is 25.1 Å². The fourth-order valence-electron chi connectivity index (χ4n) is 4.04. The Hall–Kier alpha value is -1.75. The number of nitrogens with one attached hydrogen (secondary N) is 2. The molecule has 132 valence electrons. The first kappa shape index (κ1) is 17.1. The number of hydrogen-bond acceptors (Lipinski definition) is 4. The van der Waals surface area contributed by atoms with Gasteiger partial charge in [-0.15, -0.1) is 0 Å². The molecule has 3 rings (SSSR count). The maximum Gasteiger partial charge on any atom is 0.237 e. The van der Waals surface area contributed by atoms with E-state index in [9.17, 15) is 4.79 Å². The van der Waals surface area contributed by atoms with Crippen molar-refractivity contribution in [2.45, 2.75) is 57.2 Å². The van der Waals surface area contributed by atoms with Gasteiger partial charge in [-0.1, -0.05) is 18.9 Å². The van der Waals surface area contributed by atoms with Crippen LogP contribution in [0.15, 0.2) is 18.2 Å². The number of hydrogen-bond donors (Lipinski definition) is 2. The molecule has 4 atom stereocenters. The van der Waals surface area contributed by atoms with Crippen LogP contribution in [-0.2, 0) is 4.79 Å². The van der Waals surface area contributed by atoms with Gasteiger partial charge in [-0.3, -0.25) is 4.79 Å². The third kappa shape index (κ3) is 3.51. The zero-order chi connectivity index (χ0) is 17.1. The third-order valence-electron chi connectivity index (χ3n) is 5.45. The van der Waals surface area contributed by atoms with Crippen LogP contribution < -0.4 is 20.1 Å². The smallest absolute Gasteiger partial charge is 0.237 e. The van der Waals surface area contributed by atoms with Gasteiger partial charge in [0.05, 0.1) is 26.3 Å². The zero-order valence-electron chi connectivity index (χ0n) is 14.8. The van der Waals surface area contributed by atoms with Gasteiger partial charge >= 0.3 is 0 Å². The minimum absolute atomic E-state index is 0.0549. The first-order valence-electron chi connectivity index (χ1n) is 8.90. The number of fused-ring (bicyclic) bond motifs is 1. The Morgan fingerprint density at radius 2 is 1.96 bits per heavy atom. The van der Waals surface area contributed by atoms with Crippen LogP contribution >= 0.6 is 0 Å². The van der Waals surface area contributed by atoms with Crippen LogP contribution in [0.5, 0.6) is 11.5 Å². The van der Waals surface area contributed by atoms with Crippen LogP contribution in [0.3, 0.4) is 0 Å². The number of rotatable bonds is 5. The molecule has 24 heavy (non-hydrogen) atoms. The Morgan fingerprint density at radius 1 is 1.21 bits per heavy atom. The van der Waals surface area contributed by atoms with Crippen molar-refractivity contribution in [3.63, 3.8) is 0 Å². The van der Waals surface area contributed by atoms with Crippen molar-refractivity contribution in [3.8, 4) is 11.5 Å². The minimum atomic E-state index is -0.0678. The number of carbonyl (C=O) groups excluding carboxylic acids is 1. The van der Waals surface area contributed by atoms with E-state index in [0.717, 1.165) is 12.0 Å². The van der Waals surface area contributed by atoms with Gasteiger partial charge in [-0.2, -0.15) is 0 Å². The molecule has 5 nitrogen and oxygen atoms in total.